The van der Waals surface area contributed by atoms with Crippen LogP contribution in [-0.4, -0.2) is 28.5 Å². The smallest absolute Gasteiger partial charge is 0.303 e. The Hall–Kier alpha value is -2.38. The van der Waals surface area contributed by atoms with Crippen LogP contribution in [0.25, 0.3) is 11.0 Å². The second kappa shape index (κ2) is 6.85. The van der Waals surface area contributed by atoms with Crippen molar-refractivity contribution in [1.82, 2.24) is 8.96 Å². The highest BCUT2D eigenvalue weighted by Crippen LogP contribution is 2.27. The maximum absolute atomic E-state index is 13.1. The van der Waals surface area contributed by atoms with Crippen molar-refractivity contribution in [3.63, 3.8) is 0 Å². The first-order chi connectivity index (χ1) is 11.9. The van der Waals surface area contributed by atoms with Gasteiger partial charge in [0.25, 0.3) is 10.0 Å². The molecular formula is C17H15ClN2O4S. The van der Waals surface area contributed by atoms with E-state index in [-0.39, 0.29) is 16.5 Å². The molecule has 0 spiro atoms. The lowest BCUT2D eigenvalue weighted by Crippen LogP contribution is -2.16. The third-order valence-corrected chi connectivity index (χ3v) is 5.75. The van der Waals surface area contributed by atoms with Gasteiger partial charge in [0.15, 0.2) is 0 Å². The predicted octanol–water partition coefficient (Wildman–Crippen LogP) is 3.33. The molecule has 0 radical (unpaired) electrons. The molecule has 0 atom stereocenters. The first kappa shape index (κ1) is 17.4. The standard InChI is InChI=1S/C17H15ClN2O4S/c18-16-10-9-15-14(19-16)11-12(5-4-8-17(21)22)20(15)25(23,24)13-6-2-1-3-7-13/h1-3,6-7,9-11H,4-5,8H2,(H,21,22). The van der Waals surface area contributed by atoms with Crippen LogP contribution in [0.15, 0.2) is 53.4 Å². The highest BCUT2D eigenvalue weighted by molar-refractivity contribution is 7.90. The summed E-state index contributed by atoms with van der Waals surface area (Å²) in [5.74, 6) is -0.922. The Balaban J connectivity index is 2.15. The zero-order valence-corrected chi connectivity index (χ0v) is 14.7. The minimum absolute atomic E-state index is 0.0406. The number of benzene rings is 1. The van der Waals surface area contributed by atoms with Crippen LogP contribution in [0.4, 0.5) is 0 Å². The zero-order chi connectivity index (χ0) is 18.0. The SMILES string of the molecule is O=C(O)CCCc1cc2nc(Cl)ccc2n1S(=O)(=O)c1ccccc1. The van der Waals surface area contributed by atoms with Gasteiger partial charge in [-0.15, -0.1) is 0 Å². The first-order valence-electron chi connectivity index (χ1n) is 7.59. The van der Waals surface area contributed by atoms with E-state index in [1.54, 1.807) is 30.3 Å². The predicted molar refractivity (Wildman–Crippen MR) is 94.3 cm³/mol. The molecule has 2 aromatic heterocycles. The van der Waals surface area contributed by atoms with Crippen LogP contribution in [0, 0.1) is 0 Å². The van der Waals surface area contributed by atoms with E-state index in [4.69, 9.17) is 16.7 Å². The van der Waals surface area contributed by atoms with E-state index in [2.05, 4.69) is 4.98 Å². The number of aryl methyl sites for hydroxylation is 1. The van der Waals surface area contributed by atoms with Crippen LogP contribution in [0.2, 0.25) is 5.15 Å². The molecule has 0 unspecified atom stereocenters. The summed E-state index contributed by atoms with van der Waals surface area (Å²) in [6.45, 7) is 0. The van der Waals surface area contributed by atoms with Gasteiger partial charge in [-0.3, -0.25) is 4.79 Å². The normalized spacial score (nSPS) is 11.7. The largest absolute Gasteiger partial charge is 0.481 e. The number of halogens is 1. The summed E-state index contributed by atoms with van der Waals surface area (Å²) in [5.41, 5.74) is 1.35. The van der Waals surface area contributed by atoms with Gasteiger partial charge in [0.2, 0.25) is 0 Å². The monoisotopic (exact) mass is 378 g/mol. The summed E-state index contributed by atoms with van der Waals surface area (Å²) >= 11 is 5.91. The van der Waals surface area contributed by atoms with Crippen molar-refractivity contribution in [3.8, 4) is 0 Å². The molecule has 3 aromatic rings. The Kier molecular flexibility index (Phi) is 4.78. The van der Waals surface area contributed by atoms with Gasteiger partial charge in [0.05, 0.1) is 15.9 Å². The Bertz CT molecular complexity index is 1030. The molecule has 0 saturated carbocycles. The summed E-state index contributed by atoms with van der Waals surface area (Å²) in [6, 6.07) is 12.9. The molecule has 25 heavy (non-hydrogen) atoms. The van der Waals surface area contributed by atoms with Crippen LogP contribution in [0.3, 0.4) is 0 Å². The summed E-state index contributed by atoms with van der Waals surface area (Å²) in [7, 11) is -3.83. The molecule has 0 fully saturated rings. The van der Waals surface area contributed by atoms with E-state index in [9.17, 15) is 13.2 Å². The fraction of sp³-hybridized carbons (Fsp3) is 0.176. The summed E-state index contributed by atoms with van der Waals surface area (Å²) in [6.07, 6.45) is 0.580. The van der Waals surface area contributed by atoms with Crippen molar-refractivity contribution in [3.05, 3.63) is 59.4 Å². The zero-order valence-electron chi connectivity index (χ0n) is 13.1. The molecule has 0 amide bonds. The van der Waals surface area contributed by atoms with Crippen LogP contribution >= 0.6 is 11.6 Å². The van der Waals surface area contributed by atoms with E-state index in [0.29, 0.717) is 29.6 Å². The summed E-state index contributed by atoms with van der Waals surface area (Å²) in [4.78, 5) is 15.1. The lowest BCUT2D eigenvalue weighted by molar-refractivity contribution is -0.137. The minimum Gasteiger partial charge on any atom is -0.481 e. The van der Waals surface area contributed by atoms with Crippen LogP contribution in [0.1, 0.15) is 18.5 Å². The second-order valence-electron chi connectivity index (χ2n) is 5.50. The topological polar surface area (TPSA) is 89.3 Å². The van der Waals surface area contributed by atoms with Crippen molar-refractivity contribution in [2.24, 2.45) is 0 Å². The first-order valence-corrected chi connectivity index (χ1v) is 9.41. The van der Waals surface area contributed by atoms with E-state index in [1.165, 1.54) is 22.2 Å². The van der Waals surface area contributed by atoms with Gasteiger partial charge >= 0.3 is 5.97 Å². The number of aromatic nitrogens is 2. The molecule has 6 nitrogen and oxygen atoms in total. The lowest BCUT2D eigenvalue weighted by atomic mass is 10.2. The third kappa shape index (κ3) is 3.52. The number of carbonyl (C=O) groups is 1. The maximum Gasteiger partial charge on any atom is 0.303 e. The van der Waals surface area contributed by atoms with Crippen molar-refractivity contribution in [2.45, 2.75) is 24.2 Å². The number of pyridine rings is 1. The van der Waals surface area contributed by atoms with E-state index in [0.717, 1.165) is 0 Å². The summed E-state index contributed by atoms with van der Waals surface area (Å²) in [5, 5.41) is 9.08. The molecule has 8 heteroatoms. The highest BCUT2D eigenvalue weighted by Gasteiger charge is 2.23. The van der Waals surface area contributed by atoms with Gasteiger partial charge in [-0.2, -0.15) is 0 Å². The van der Waals surface area contributed by atoms with Gasteiger partial charge < -0.3 is 5.11 Å². The molecular weight excluding hydrogens is 364 g/mol. The minimum atomic E-state index is -3.83. The highest BCUT2D eigenvalue weighted by atomic mass is 35.5. The molecule has 2 heterocycles. The quantitative estimate of drug-likeness (QED) is 0.664. The van der Waals surface area contributed by atoms with Gasteiger partial charge in [-0.25, -0.2) is 17.4 Å². The number of carboxylic acids is 1. The van der Waals surface area contributed by atoms with Crippen molar-refractivity contribution in [1.29, 1.82) is 0 Å². The Morgan fingerprint density at radius 3 is 2.56 bits per heavy atom. The second-order valence-corrected chi connectivity index (χ2v) is 7.68. The third-order valence-electron chi connectivity index (χ3n) is 3.76. The van der Waals surface area contributed by atoms with Crippen molar-refractivity contribution in [2.75, 3.05) is 0 Å². The van der Waals surface area contributed by atoms with E-state index in [1.807, 2.05) is 0 Å². The number of carboxylic acid groups (broad SMARTS) is 1. The molecule has 0 aliphatic carbocycles. The molecule has 1 N–H and O–H groups in total. The fourth-order valence-corrected chi connectivity index (χ4v) is 4.40. The fourth-order valence-electron chi connectivity index (χ4n) is 2.67. The molecule has 0 bridgehead atoms. The van der Waals surface area contributed by atoms with Crippen LogP contribution in [0.5, 0.6) is 0 Å². The molecule has 130 valence electrons. The number of hydrogen-bond donors (Lipinski definition) is 1. The van der Waals surface area contributed by atoms with Crippen LogP contribution < -0.4 is 0 Å². The van der Waals surface area contributed by atoms with E-state index >= 15 is 0 Å². The van der Waals surface area contributed by atoms with Crippen LogP contribution in [-0.2, 0) is 21.2 Å². The number of nitrogens with zero attached hydrogens (tertiary/aromatic N) is 2. The number of hydrogen-bond acceptors (Lipinski definition) is 4. The number of aliphatic carboxylic acids is 1. The molecule has 0 aliphatic rings. The maximum atomic E-state index is 13.1. The number of rotatable bonds is 6. The Morgan fingerprint density at radius 2 is 1.88 bits per heavy atom. The molecule has 0 aliphatic heterocycles. The van der Waals surface area contributed by atoms with Gasteiger partial charge in [0.1, 0.15) is 5.15 Å². The van der Waals surface area contributed by atoms with E-state index < -0.39 is 16.0 Å². The lowest BCUT2D eigenvalue weighted by Gasteiger charge is -2.11. The summed E-state index contributed by atoms with van der Waals surface area (Å²) < 4.78 is 27.4. The average Bonchev–Trinajstić information content (AvgIpc) is 2.93. The molecule has 0 saturated heterocycles. The van der Waals surface area contributed by atoms with Crippen molar-refractivity contribution >= 4 is 38.6 Å². The number of fused-ring (bicyclic) bond motifs is 1. The van der Waals surface area contributed by atoms with Gasteiger partial charge in [0, 0.05) is 12.1 Å². The van der Waals surface area contributed by atoms with Crippen molar-refractivity contribution < 1.29 is 18.3 Å². The van der Waals surface area contributed by atoms with Gasteiger partial charge in [-0.05, 0) is 43.2 Å². The van der Waals surface area contributed by atoms with Gasteiger partial charge in [-0.1, -0.05) is 29.8 Å². The molecule has 1 aromatic carbocycles. The Labute approximate surface area is 149 Å². The average molecular weight is 379 g/mol. The Morgan fingerprint density at radius 1 is 1.16 bits per heavy atom. The molecule has 3 rings (SSSR count).